The lowest BCUT2D eigenvalue weighted by Crippen LogP contribution is -2.63. The number of carbonyl (C=O) groups is 18. The van der Waals surface area contributed by atoms with Gasteiger partial charge >= 0.3 is 11.9 Å². The van der Waals surface area contributed by atoms with Crippen LogP contribution in [-0.4, -0.2) is 312 Å². The van der Waals surface area contributed by atoms with Gasteiger partial charge in [0.05, 0.1) is 99.0 Å². The number of hydrogen-bond acceptors (Lipinski definition) is 29. The van der Waals surface area contributed by atoms with Crippen LogP contribution in [-0.2, 0) is 112 Å². The number of aromatic amines is 4. The minimum absolute atomic E-state index is 0.162. The molecule has 48 nitrogen and oxygen atoms in total. The minimum Gasteiger partial charge on any atom is -0.481 e. The molecule has 0 bridgehead atoms. The number of rotatable bonds is 52. The number of aliphatic hydroxyl groups is 3. The Kier molecular flexibility index (Phi) is 41.9. The molecule has 0 radical (unpaired) electrons. The number of carboxylic acids is 2. The Morgan fingerprint density at radius 3 is 1.05 bits per heavy atom. The largest absolute Gasteiger partial charge is 0.481 e. The molecule has 4 heterocycles. The molecule has 0 aliphatic heterocycles. The number of nitrogens with two attached hydrogens (primary N) is 1. The molecule has 4 aromatic heterocycles. The highest BCUT2D eigenvalue weighted by molar-refractivity contribution is 7.80. The summed E-state index contributed by atoms with van der Waals surface area (Å²) in [5.74, 6) is -22.3. The number of hydrogen-bond donors (Lipinski definition) is 29. The third-order valence-electron chi connectivity index (χ3n) is 17.1. The number of amides is 16. The summed E-state index contributed by atoms with van der Waals surface area (Å²) in [6.07, 6.45) is 5.26. The van der Waals surface area contributed by atoms with Gasteiger partial charge in [0.1, 0.15) is 78.5 Å². The van der Waals surface area contributed by atoms with Crippen LogP contribution in [0.4, 0.5) is 0 Å². The number of imidazole rings is 4. The van der Waals surface area contributed by atoms with E-state index in [0.717, 1.165) is 13.8 Å². The SMILES string of the molecule is CC(C)C[C@H](NC(=O)[C@H](CS)NC(=O)[C@H](CO)NC(=O)[C@H](CC(=O)O)NC(=O)[C@@H](NC(=O)[C@@H](NC(=O)[C@H](CS)NC(=O)[C@H](C)N)[C@@H](C)O)C(C)C)C(=O)N[C@H](C(=O)N[C@@H](CS)C(=O)NCC(=O)NCC(=O)NCC(=O)N[C@@H](Cc1c[nH]cn1)C(=O)N[C@@H](Cc1c[nH]cn1)C(=O)N[C@@H](Cc1c[nH]cn1)C(=O)N[C@@H](Cc1c[nH]cn1)C(=O)O)[C@@H](C)O. The number of thiol groups is 3. The number of nitrogens with zero attached hydrogens (tertiary/aromatic N) is 4. The van der Waals surface area contributed by atoms with E-state index in [2.05, 4.69) is 163 Å². The van der Waals surface area contributed by atoms with Crippen LogP contribution in [0.1, 0.15) is 84.1 Å². The molecule has 4 aromatic rings. The van der Waals surface area contributed by atoms with E-state index in [1.807, 2.05) is 0 Å². The molecule has 16 amide bonds. The second kappa shape index (κ2) is 50.1. The zero-order chi connectivity index (χ0) is 88.9. The van der Waals surface area contributed by atoms with Gasteiger partial charge in [0.15, 0.2) is 0 Å². The molecule has 0 aliphatic carbocycles. The van der Waals surface area contributed by atoms with Gasteiger partial charge in [-0.25, -0.2) is 24.7 Å². The number of aliphatic hydroxyl groups excluding tert-OH is 3. The lowest BCUT2D eigenvalue weighted by Gasteiger charge is -2.29. The fourth-order valence-corrected chi connectivity index (χ4v) is 11.5. The molecular weight excluding hydrogens is 1630 g/mol. The van der Waals surface area contributed by atoms with Gasteiger partial charge in [0.25, 0.3) is 0 Å². The number of H-pyrrole nitrogens is 4. The lowest BCUT2D eigenvalue weighted by molar-refractivity contribution is -0.142. The van der Waals surface area contributed by atoms with Crippen LogP contribution in [0.25, 0.3) is 0 Å². The second-order valence-electron chi connectivity index (χ2n) is 27.8. The van der Waals surface area contributed by atoms with E-state index in [-0.39, 0.29) is 54.9 Å². The highest BCUT2D eigenvalue weighted by atomic mass is 32.1. The molecule has 0 unspecified atom stereocenters. The Morgan fingerprint density at radius 1 is 0.361 bits per heavy atom. The Hall–Kier alpha value is -11.8. The first-order valence-electron chi connectivity index (χ1n) is 36.8. The first kappa shape index (κ1) is 99.5. The molecule has 51 heteroatoms. The number of carbonyl (C=O) groups excluding carboxylic acids is 16. The quantitative estimate of drug-likeness (QED) is 0.0183. The maximum atomic E-state index is 14.2. The smallest absolute Gasteiger partial charge is 0.326 e. The van der Waals surface area contributed by atoms with Gasteiger partial charge in [-0.05, 0) is 39.0 Å². The van der Waals surface area contributed by atoms with Gasteiger partial charge < -0.3 is 136 Å². The minimum atomic E-state index is -2.03. The molecule has 4 rings (SSSR count). The Labute approximate surface area is 695 Å². The van der Waals surface area contributed by atoms with Crippen LogP contribution in [0.2, 0.25) is 0 Å². The van der Waals surface area contributed by atoms with Gasteiger partial charge in [-0.3, -0.25) is 81.5 Å². The van der Waals surface area contributed by atoms with Crippen LogP contribution in [0.3, 0.4) is 0 Å². The number of aromatic nitrogens is 8. The van der Waals surface area contributed by atoms with E-state index in [0.29, 0.717) is 5.69 Å². The van der Waals surface area contributed by atoms with Crippen LogP contribution in [0, 0.1) is 11.8 Å². The van der Waals surface area contributed by atoms with E-state index in [9.17, 15) is 112 Å². The van der Waals surface area contributed by atoms with Crippen molar-refractivity contribution in [2.45, 2.75) is 184 Å². The van der Waals surface area contributed by atoms with Crippen molar-refractivity contribution in [1.82, 2.24) is 125 Å². The normalized spacial score (nSPS) is 15.2. The third kappa shape index (κ3) is 34.4. The van der Waals surface area contributed by atoms with Crippen LogP contribution < -0.4 is 90.8 Å². The van der Waals surface area contributed by atoms with Crippen molar-refractivity contribution in [2.75, 3.05) is 43.5 Å². The fraction of sp³-hybridized carbons (Fsp3) is 0.559. The summed E-state index contributed by atoms with van der Waals surface area (Å²) < 4.78 is 0. The monoisotopic (exact) mass is 1730 g/mol. The Morgan fingerprint density at radius 2 is 0.664 bits per heavy atom. The molecule has 0 aliphatic rings. The van der Waals surface area contributed by atoms with E-state index in [4.69, 9.17) is 5.73 Å². The van der Waals surface area contributed by atoms with Crippen molar-refractivity contribution in [2.24, 2.45) is 17.6 Å². The maximum Gasteiger partial charge on any atom is 0.326 e. The van der Waals surface area contributed by atoms with E-state index >= 15 is 0 Å². The number of aliphatic carboxylic acids is 2. The summed E-state index contributed by atoms with van der Waals surface area (Å²) in [7, 11) is 0. The molecule has 0 fully saturated rings. The van der Waals surface area contributed by atoms with Crippen molar-refractivity contribution in [3.63, 3.8) is 0 Å². The average Bonchev–Trinajstić information content (AvgIpc) is 1.25. The predicted octanol–water partition coefficient (Wildman–Crippen LogP) is -11.3. The Balaban J connectivity index is 1.33. The average molecular weight is 1730 g/mol. The van der Waals surface area contributed by atoms with E-state index in [1.165, 1.54) is 70.9 Å². The fourth-order valence-electron chi connectivity index (χ4n) is 10.7. The van der Waals surface area contributed by atoms with Crippen molar-refractivity contribution in [3.05, 3.63) is 72.9 Å². The van der Waals surface area contributed by atoms with Gasteiger partial charge in [-0.15, -0.1) is 0 Å². The summed E-state index contributed by atoms with van der Waals surface area (Å²) in [4.78, 5) is 268. The molecule has 656 valence electrons. The molecule has 0 saturated heterocycles. The first-order chi connectivity index (χ1) is 56.2. The van der Waals surface area contributed by atoms with Gasteiger partial charge in [0, 0.05) is 67.7 Å². The number of carboxylic acid groups (broad SMARTS) is 2. The molecule has 0 spiro atoms. The highest BCUT2D eigenvalue weighted by Crippen LogP contribution is 2.13. The summed E-state index contributed by atoms with van der Waals surface area (Å²) in [5.41, 5.74) is 6.68. The maximum absolute atomic E-state index is 14.2. The molecule has 0 saturated carbocycles. The van der Waals surface area contributed by atoms with E-state index < -0.39 is 259 Å². The third-order valence-corrected chi connectivity index (χ3v) is 18.2. The standard InChI is InChI=1S/C68H103N25O23S3/c1-29(2)8-38(82-63(110)46(23-118)89-62(109)44(21-94)87-60(107)42(13-51(100)101)85-65(112)52(30(3)4)91-67(114)54(33(7)96)93-64(111)47(24-119)88-55(102)31(5)69)61(108)92-53(32(6)95)66(113)90-45(22-117)56(103)76-19-49(98)74-18-48(97)75-20-50(99)81-39(9-34-14-70-25-77-34)57(104)83-40(10-35-15-71-26-78-35)58(105)84-41(11-36-16-72-27-79-36)59(106)86-43(68(115)116)12-37-17-73-28-80-37/h14-17,25-33,38-47,52-54,94-96,117-119H,8-13,18-24,69H2,1-7H3,(H,70,77)(H,71,78)(H,72,79)(H,73,80)(H,74,98)(H,75,97)(H,76,103)(H,81,99)(H,82,110)(H,83,104)(H,84,105)(H,85,112)(H,86,106)(H,87,107)(H,88,102)(H,89,109)(H,90,113)(H,91,114)(H,92,108)(H,93,111)(H,100,101)(H,115,116)/t31-,32+,33+,38-,39-,40-,41-,42-,43-,44-,45-,46-,47-,52-,53-,54-/m0/s1. The van der Waals surface area contributed by atoms with Gasteiger partial charge in [-0.1, -0.05) is 27.7 Å². The topological polar surface area (TPSA) is 742 Å². The summed E-state index contributed by atoms with van der Waals surface area (Å²) in [6.45, 7) is 6.10. The first-order valence-corrected chi connectivity index (χ1v) is 38.7. The van der Waals surface area contributed by atoms with Crippen molar-refractivity contribution in [3.8, 4) is 0 Å². The zero-order valence-electron chi connectivity index (χ0n) is 65.5. The van der Waals surface area contributed by atoms with Crippen molar-refractivity contribution in [1.29, 1.82) is 0 Å². The van der Waals surface area contributed by atoms with Gasteiger partial charge in [-0.2, -0.15) is 37.9 Å². The van der Waals surface area contributed by atoms with E-state index in [1.54, 1.807) is 13.8 Å². The van der Waals surface area contributed by atoms with Crippen LogP contribution in [0.15, 0.2) is 50.1 Å². The molecule has 0 aromatic carbocycles. The second-order valence-corrected chi connectivity index (χ2v) is 28.9. The highest BCUT2D eigenvalue weighted by Gasteiger charge is 2.40. The molecular formula is C68H103N25O23S3. The van der Waals surface area contributed by atoms with Gasteiger partial charge in [0.2, 0.25) is 94.5 Å². The summed E-state index contributed by atoms with van der Waals surface area (Å²) >= 11 is 12.3. The summed E-state index contributed by atoms with van der Waals surface area (Å²) in [5, 5.41) is 88.3. The molecule has 119 heavy (non-hydrogen) atoms. The number of nitrogens with one attached hydrogen (secondary N) is 20. The molecule has 27 N–H and O–H groups in total. The van der Waals surface area contributed by atoms with Crippen molar-refractivity contribution >= 4 is 144 Å². The zero-order valence-corrected chi connectivity index (χ0v) is 68.2. The van der Waals surface area contributed by atoms with Crippen molar-refractivity contribution < 1.29 is 112 Å². The predicted molar refractivity (Wildman–Crippen MR) is 423 cm³/mol. The van der Waals surface area contributed by atoms with Crippen LogP contribution in [0.5, 0.6) is 0 Å². The summed E-state index contributed by atoms with van der Waals surface area (Å²) in [6, 6.07) is -22.4. The lowest BCUT2D eigenvalue weighted by atomic mass is 10.0. The molecule has 16 atom stereocenters. The Bertz CT molecular complexity index is 4080. The van der Waals surface area contributed by atoms with Crippen LogP contribution >= 0.6 is 37.9 Å².